The van der Waals surface area contributed by atoms with Gasteiger partial charge in [-0.3, -0.25) is 0 Å². The Morgan fingerprint density at radius 2 is 1.92 bits per heavy atom. The molecule has 4 heteroatoms. The summed E-state index contributed by atoms with van der Waals surface area (Å²) in [6.45, 7) is 0. The highest BCUT2D eigenvalue weighted by Crippen LogP contribution is 2.12. The molecule has 0 aromatic heterocycles. The van der Waals surface area contributed by atoms with E-state index in [0.29, 0.717) is 5.69 Å². The molecule has 0 saturated carbocycles. The SMILES string of the molecule is O=Nc1ccc(/C=C\C(=O)O)cc1. The molecule has 1 aromatic carbocycles. The maximum absolute atomic E-state index is 10.1. The molecule has 0 bridgehead atoms. The Morgan fingerprint density at radius 1 is 1.31 bits per heavy atom. The number of rotatable bonds is 3. The number of hydrogen-bond donors (Lipinski definition) is 1. The van der Waals surface area contributed by atoms with Gasteiger partial charge in [0.1, 0.15) is 5.69 Å². The molecule has 0 radical (unpaired) electrons. The molecule has 66 valence electrons. The lowest BCUT2D eigenvalue weighted by molar-refractivity contribution is -0.131. The molecule has 0 aliphatic rings. The molecular weight excluding hydrogens is 170 g/mol. The van der Waals surface area contributed by atoms with Crippen molar-refractivity contribution in [2.24, 2.45) is 5.18 Å². The number of nitroso groups, excluding NO2 is 1. The van der Waals surface area contributed by atoms with Gasteiger partial charge in [-0.15, -0.1) is 4.91 Å². The van der Waals surface area contributed by atoms with E-state index in [1.54, 1.807) is 12.1 Å². The molecule has 0 fully saturated rings. The van der Waals surface area contributed by atoms with E-state index < -0.39 is 5.97 Å². The summed E-state index contributed by atoms with van der Waals surface area (Å²) >= 11 is 0. The summed E-state index contributed by atoms with van der Waals surface area (Å²) in [6.07, 6.45) is 2.47. The third-order valence-corrected chi connectivity index (χ3v) is 1.42. The molecule has 1 rings (SSSR count). The maximum atomic E-state index is 10.1. The van der Waals surface area contributed by atoms with Gasteiger partial charge in [0.15, 0.2) is 0 Å². The molecule has 0 aliphatic heterocycles. The molecule has 0 heterocycles. The van der Waals surface area contributed by atoms with Gasteiger partial charge in [-0.05, 0) is 28.9 Å². The van der Waals surface area contributed by atoms with Crippen molar-refractivity contribution in [1.82, 2.24) is 0 Å². The van der Waals surface area contributed by atoms with Crippen LogP contribution in [0.3, 0.4) is 0 Å². The van der Waals surface area contributed by atoms with Crippen LogP contribution in [0.15, 0.2) is 35.5 Å². The van der Waals surface area contributed by atoms with Gasteiger partial charge in [0.2, 0.25) is 0 Å². The zero-order valence-electron chi connectivity index (χ0n) is 6.68. The molecule has 0 aliphatic carbocycles. The summed E-state index contributed by atoms with van der Waals surface area (Å²) in [6, 6.07) is 6.29. The van der Waals surface area contributed by atoms with Crippen LogP contribution in [-0.2, 0) is 4.79 Å². The van der Waals surface area contributed by atoms with E-state index in [4.69, 9.17) is 5.11 Å². The summed E-state index contributed by atoms with van der Waals surface area (Å²) in [7, 11) is 0. The highest BCUT2D eigenvalue weighted by Gasteiger charge is 1.91. The zero-order chi connectivity index (χ0) is 9.68. The minimum Gasteiger partial charge on any atom is -0.478 e. The quantitative estimate of drug-likeness (QED) is 0.568. The van der Waals surface area contributed by atoms with E-state index in [1.807, 2.05) is 0 Å². The van der Waals surface area contributed by atoms with Gasteiger partial charge in [-0.25, -0.2) is 4.79 Å². The van der Waals surface area contributed by atoms with E-state index in [2.05, 4.69) is 5.18 Å². The third kappa shape index (κ3) is 2.86. The standard InChI is InChI=1S/C9H7NO3/c11-9(12)6-3-7-1-4-8(10-13)5-2-7/h1-6H,(H,11,12)/b6-3-. The van der Waals surface area contributed by atoms with Crippen LogP contribution in [0.25, 0.3) is 6.08 Å². The van der Waals surface area contributed by atoms with Gasteiger partial charge in [0.25, 0.3) is 0 Å². The van der Waals surface area contributed by atoms with Crippen LogP contribution in [0.1, 0.15) is 5.56 Å². The van der Waals surface area contributed by atoms with Gasteiger partial charge in [0, 0.05) is 6.08 Å². The van der Waals surface area contributed by atoms with E-state index in [1.165, 1.54) is 18.2 Å². The maximum Gasteiger partial charge on any atom is 0.328 e. The number of carbonyl (C=O) groups is 1. The number of benzene rings is 1. The first-order valence-electron chi connectivity index (χ1n) is 3.57. The summed E-state index contributed by atoms with van der Waals surface area (Å²) in [4.78, 5) is 20.2. The topological polar surface area (TPSA) is 66.7 Å². The molecule has 0 amide bonds. The fourth-order valence-corrected chi connectivity index (χ4v) is 0.814. The summed E-state index contributed by atoms with van der Waals surface area (Å²) in [5.74, 6) is -1.00. The minimum absolute atomic E-state index is 0.326. The predicted molar refractivity (Wildman–Crippen MR) is 48.6 cm³/mol. The molecule has 0 saturated heterocycles. The van der Waals surface area contributed by atoms with Crippen molar-refractivity contribution >= 4 is 17.7 Å². The van der Waals surface area contributed by atoms with Crippen molar-refractivity contribution in [2.45, 2.75) is 0 Å². The average molecular weight is 177 g/mol. The predicted octanol–water partition coefficient (Wildman–Crippen LogP) is 2.18. The molecule has 0 spiro atoms. The Kier molecular flexibility index (Phi) is 2.92. The number of carboxylic acids is 1. The number of nitrogens with zero attached hydrogens (tertiary/aromatic N) is 1. The average Bonchev–Trinajstić information content (AvgIpc) is 2.15. The number of hydrogen-bond acceptors (Lipinski definition) is 3. The third-order valence-electron chi connectivity index (χ3n) is 1.42. The van der Waals surface area contributed by atoms with Crippen LogP contribution in [0.2, 0.25) is 0 Å². The lowest BCUT2D eigenvalue weighted by atomic mass is 10.2. The second kappa shape index (κ2) is 4.15. The van der Waals surface area contributed by atoms with Gasteiger partial charge in [-0.2, -0.15) is 0 Å². The summed E-state index contributed by atoms with van der Waals surface area (Å²) in [5, 5.41) is 11.0. The minimum atomic E-state index is -1.00. The zero-order valence-corrected chi connectivity index (χ0v) is 6.68. The normalized spacial score (nSPS) is 10.2. The summed E-state index contributed by atoms with van der Waals surface area (Å²) < 4.78 is 0. The molecule has 4 nitrogen and oxygen atoms in total. The smallest absolute Gasteiger partial charge is 0.328 e. The Hall–Kier alpha value is -1.97. The highest BCUT2D eigenvalue weighted by molar-refractivity contribution is 5.85. The largest absolute Gasteiger partial charge is 0.478 e. The molecule has 1 N–H and O–H groups in total. The fraction of sp³-hybridized carbons (Fsp3) is 0. The van der Waals surface area contributed by atoms with E-state index in [-0.39, 0.29) is 0 Å². The lowest BCUT2D eigenvalue weighted by Gasteiger charge is -1.91. The van der Waals surface area contributed by atoms with Crippen LogP contribution in [0.4, 0.5) is 5.69 Å². The first kappa shape index (κ1) is 9.12. The van der Waals surface area contributed by atoms with Crippen molar-refractivity contribution in [3.05, 3.63) is 40.8 Å². The van der Waals surface area contributed by atoms with Gasteiger partial charge in [-0.1, -0.05) is 12.1 Å². The second-order valence-corrected chi connectivity index (χ2v) is 2.35. The molecule has 0 atom stereocenters. The van der Waals surface area contributed by atoms with Gasteiger partial charge >= 0.3 is 5.97 Å². The first-order valence-corrected chi connectivity index (χ1v) is 3.57. The van der Waals surface area contributed by atoms with Gasteiger partial charge in [0.05, 0.1) is 0 Å². The second-order valence-electron chi connectivity index (χ2n) is 2.35. The van der Waals surface area contributed by atoms with Crippen molar-refractivity contribution in [3.63, 3.8) is 0 Å². The van der Waals surface area contributed by atoms with E-state index in [9.17, 15) is 9.70 Å². The lowest BCUT2D eigenvalue weighted by Crippen LogP contribution is -1.85. The highest BCUT2D eigenvalue weighted by atomic mass is 16.4. The van der Waals surface area contributed by atoms with Crippen molar-refractivity contribution in [1.29, 1.82) is 0 Å². The number of carboxylic acid groups (broad SMARTS) is 1. The van der Waals surface area contributed by atoms with E-state index in [0.717, 1.165) is 11.6 Å². The van der Waals surface area contributed by atoms with Crippen LogP contribution in [-0.4, -0.2) is 11.1 Å². The van der Waals surface area contributed by atoms with Crippen LogP contribution < -0.4 is 0 Å². The summed E-state index contributed by atoms with van der Waals surface area (Å²) in [5.41, 5.74) is 1.04. The molecular formula is C9H7NO3. The van der Waals surface area contributed by atoms with Crippen LogP contribution in [0, 0.1) is 4.91 Å². The molecule has 1 aromatic rings. The van der Waals surface area contributed by atoms with E-state index >= 15 is 0 Å². The molecule has 13 heavy (non-hydrogen) atoms. The fourth-order valence-electron chi connectivity index (χ4n) is 0.814. The van der Waals surface area contributed by atoms with Gasteiger partial charge < -0.3 is 5.11 Å². The Bertz CT molecular complexity index is 340. The van der Waals surface area contributed by atoms with Crippen LogP contribution in [0.5, 0.6) is 0 Å². The molecule has 0 unspecified atom stereocenters. The van der Waals surface area contributed by atoms with Crippen molar-refractivity contribution in [3.8, 4) is 0 Å². The van der Waals surface area contributed by atoms with Crippen molar-refractivity contribution in [2.75, 3.05) is 0 Å². The first-order chi connectivity index (χ1) is 6.22. The Balaban J connectivity index is 2.80. The number of aliphatic carboxylic acids is 1. The van der Waals surface area contributed by atoms with Crippen molar-refractivity contribution < 1.29 is 9.90 Å². The monoisotopic (exact) mass is 177 g/mol. The van der Waals surface area contributed by atoms with Crippen LogP contribution >= 0.6 is 0 Å². The Labute approximate surface area is 74.5 Å². The Morgan fingerprint density at radius 3 is 2.38 bits per heavy atom.